The van der Waals surface area contributed by atoms with Gasteiger partial charge in [-0.3, -0.25) is 14.2 Å². The lowest BCUT2D eigenvalue weighted by atomic mass is 10.1. The highest BCUT2D eigenvalue weighted by atomic mass is 32.2. The van der Waals surface area contributed by atoms with Crippen LogP contribution in [-0.4, -0.2) is 21.2 Å². The third-order valence-corrected chi connectivity index (χ3v) is 5.69. The van der Waals surface area contributed by atoms with Gasteiger partial charge < -0.3 is 5.32 Å². The van der Waals surface area contributed by atoms with Gasteiger partial charge >= 0.3 is 0 Å². The van der Waals surface area contributed by atoms with Gasteiger partial charge in [0.05, 0.1) is 22.3 Å². The van der Waals surface area contributed by atoms with Crippen LogP contribution in [0.4, 0.5) is 5.69 Å². The van der Waals surface area contributed by atoms with Crippen molar-refractivity contribution in [3.8, 4) is 5.69 Å². The van der Waals surface area contributed by atoms with Gasteiger partial charge in [0.25, 0.3) is 5.56 Å². The summed E-state index contributed by atoms with van der Waals surface area (Å²) in [5.41, 5.74) is 3.08. The average molecular weight is 416 g/mol. The van der Waals surface area contributed by atoms with Crippen molar-refractivity contribution in [1.29, 1.82) is 0 Å². The van der Waals surface area contributed by atoms with E-state index < -0.39 is 0 Å². The van der Waals surface area contributed by atoms with Crippen LogP contribution < -0.4 is 10.9 Å². The topological polar surface area (TPSA) is 64.0 Å². The number of nitrogens with zero attached hydrogens (tertiary/aromatic N) is 2. The van der Waals surface area contributed by atoms with Gasteiger partial charge in [0.1, 0.15) is 0 Å². The molecular weight excluding hydrogens is 394 g/mol. The molecule has 0 aliphatic carbocycles. The number of benzene rings is 3. The molecule has 0 atom stereocenters. The lowest BCUT2D eigenvalue weighted by Crippen LogP contribution is -2.23. The molecule has 5 nitrogen and oxygen atoms in total. The molecule has 0 aliphatic heterocycles. The van der Waals surface area contributed by atoms with Crippen LogP contribution >= 0.6 is 11.8 Å². The smallest absolute Gasteiger partial charge is 0.266 e. The van der Waals surface area contributed by atoms with E-state index in [0.29, 0.717) is 16.1 Å². The van der Waals surface area contributed by atoms with Crippen LogP contribution in [0.2, 0.25) is 0 Å². The Hall–Kier alpha value is -3.38. The molecule has 1 heterocycles. The molecule has 1 amide bonds. The molecule has 6 heteroatoms. The van der Waals surface area contributed by atoms with E-state index in [1.165, 1.54) is 11.8 Å². The standard InChI is InChI=1S/C24H21N3O2S/c1-2-17-10-6-9-15-21(17)27-23(29)19-13-7-8-14-20(19)26-24(27)30-16-22(28)25-18-11-4-3-5-12-18/h3-15H,2,16H2,1H3,(H,25,28). The summed E-state index contributed by atoms with van der Waals surface area (Å²) in [6.07, 6.45) is 0.786. The van der Waals surface area contributed by atoms with Crippen molar-refractivity contribution in [2.45, 2.75) is 18.5 Å². The highest BCUT2D eigenvalue weighted by molar-refractivity contribution is 7.99. The molecule has 0 saturated heterocycles. The van der Waals surface area contributed by atoms with Crippen LogP contribution in [0, 0.1) is 0 Å². The summed E-state index contributed by atoms with van der Waals surface area (Å²) >= 11 is 1.26. The molecule has 1 aromatic heterocycles. The number of para-hydroxylation sites is 3. The minimum atomic E-state index is -0.149. The molecule has 0 saturated carbocycles. The van der Waals surface area contributed by atoms with Gasteiger partial charge in [0, 0.05) is 5.69 Å². The van der Waals surface area contributed by atoms with Crippen LogP contribution in [0.1, 0.15) is 12.5 Å². The Balaban J connectivity index is 1.73. The van der Waals surface area contributed by atoms with E-state index in [1.54, 1.807) is 10.6 Å². The molecule has 30 heavy (non-hydrogen) atoms. The van der Waals surface area contributed by atoms with Crippen LogP contribution in [-0.2, 0) is 11.2 Å². The number of hydrogen-bond acceptors (Lipinski definition) is 4. The largest absolute Gasteiger partial charge is 0.325 e. The fraction of sp³-hybridized carbons (Fsp3) is 0.125. The molecule has 3 aromatic carbocycles. The summed E-state index contributed by atoms with van der Waals surface area (Å²) in [7, 11) is 0. The van der Waals surface area contributed by atoms with Gasteiger partial charge in [-0.15, -0.1) is 0 Å². The fourth-order valence-corrected chi connectivity index (χ4v) is 4.10. The molecule has 0 fully saturated rings. The second kappa shape index (κ2) is 8.97. The number of rotatable bonds is 6. The number of anilines is 1. The quantitative estimate of drug-likeness (QED) is 0.367. The molecule has 0 spiro atoms. The van der Waals surface area contributed by atoms with Crippen molar-refractivity contribution in [2.24, 2.45) is 0 Å². The number of fused-ring (bicyclic) bond motifs is 1. The maximum atomic E-state index is 13.4. The molecule has 0 unspecified atom stereocenters. The second-order valence-corrected chi connectivity index (χ2v) is 7.68. The van der Waals surface area contributed by atoms with Gasteiger partial charge in [-0.2, -0.15) is 0 Å². The maximum Gasteiger partial charge on any atom is 0.266 e. The summed E-state index contributed by atoms with van der Waals surface area (Å²) in [5.74, 6) is -0.00234. The van der Waals surface area contributed by atoms with Crippen LogP contribution in [0.25, 0.3) is 16.6 Å². The molecule has 4 aromatic rings. The van der Waals surface area contributed by atoms with E-state index in [2.05, 4.69) is 12.2 Å². The molecular formula is C24H21N3O2S. The van der Waals surface area contributed by atoms with Gasteiger partial charge in [0.2, 0.25) is 5.91 Å². The van der Waals surface area contributed by atoms with Crippen LogP contribution in [0.3, 0.4) is 0 Å². The third kappa shape index (κ3) is 4.14. The van der Waals surface area contributed by atoms with Crippen molar-refractivity contribution in [1.82, 2.24) is 9.55 Å². The van der Waals surface area contributed by atoms with Gasteiger partial charge in [0.15, 0.2) is 5.16 Å². The van der Waals surface area contributed by atoms with E-state index in [9.17, 15) is 9.59 Å². The second-order valence-electron chi connectivity index (χ2n) is 6.74. The first-order valence-corrected chi connectivity index (χ1v) is 10.7. The summed E-state index contributed by atoms with van der Waals surface area (Å²) in [4.78, 5) is 30.5. The first-order chi connectivity index (χ1) is 14.7. The zero-order chi connectivity index (χ0) is 20.9. The summed E-state index contributed by atoms with van der Waals surface area (Å²) in [6.45, 7) is 2.05. The number of carbonyl (C=O) groups excluding carboxylic acids is 1. The molecule has 0 aliphatic rings. The summed E-state index contributed by atoms with van der Waals surface area (Å²) in [5, 5.41) is 3.93. The minimum absolute atomic E-state index is 0.132. The number of carbonyl (C=O) groups is 1. The SMILES string of the molecule is CCc1ccccc1-n1c(SCC(=O)Nc2ccccc2)nc2ccccc2c1=O. The lowest BCUT2D eigenvalue weighted by Gasteiger charge is -2.16. The number of aryl methyl sites for hydroxylation is 1. The van der Waals surface area contributed by atoms with E-state index >= 15 is 0 Å². The van der Waals surface area contributed by atoms with Crippen molar-refractivity contribution < 1.29 is 4.79 Å². The molecule has 0 bridgehead atoms. The van der Waals surface area contributed by atoms with Crippen LogP contribution in [0.5, 0.6) is 0 Å². The Morgan fingerprint density at radius 1 is 0.967 bits per heavy atom. The van der Waals surface area contributed by atoms with E-state index in [4.69, 9.17) is 4.98 Å². The highest BCUT2D eigenvalue weighted by Gasteiger charge is 2.16. The number of amides is 1. The monoisotopic (exact) mass is 415 g/mol. The van der Waals surface area contributed by atoms with Crippen molar-refractivity contribution >= 4 is 34.3 Å². The van der Waals surface area contributed by atoms with Crippen molar-refractivity contribution in [3.05, 3.63) is 94.8 Å². The van der Waals surface area contributed by atoms with Crippen LogP contribution in [0.15, 0.2) is 88.8 Å². The Kier molecular flexibility index (Phi) is 5.95. The number of thioether (sulfide) groups is 1. The Labute approximate surface area is 178 Å². The summed E-state index contributed by atoms with van der Waals surface area (Å²) in [6, 6.07) is 24.4. The predicted molar refractivity (Wildman–Crippen MR) is 123 cm³/mol. The molecule has 0 radical (unpaired) electrons. The van der Waals surface area contributed by atoms with E-state index in [0.717, 1.165) is 23.4 Å². The molecule has 4 rings (SSSR count). The maximum absolute atomic E-state index is 13.4. The Morgan fingerprint density at radius 3 is 2.47 bits per heavy atom. The normalized spacial score (nSPS) is 10.8. The van der Waals surface area contributed by atoms with Crippen molar-refractivity contribution in [3.63, 3.8) is 0 Å². The molecule has 1 N–H and O–H groups in total. The van der Waals surface area contributed by atoms with Gasteiger partial charge in [-0.25, -0.2) is 4.98 Å². The van der Waals surface area contributed by atoms with E-state index in [-0.39, 0.29) is 17.2 Å². The highest BCUT2D eigenvalue weighted by Crippen LogP contribution is 2.24. The number of nitrogens with one attached hydrogen (secondary N) is 1. The van der Waals surface area contributed by atoms with Gasteiger partial charge in [-0.05, 0) is 42.3 Å². The van der Waals surface area contributed by atoms with Crippen molar-refractivity contribution in [2.75, 3.05) is 11.1 Å². The third-order valence-electron chi connectivity index (χ3n) is 4.75. The number of hydrogen-bond donors (Lipinski definition) is 1. The van der Waals surface area contributed by atoms with Gasteiger partial charge in [-0.1, -0.05) is 67.2 Å². The lowest BCUT2D eigenvalue weighted by molar-refractivity contribution is -0.113. The zero-order valence-corrected chi connectivity index (χ0v) is 17.4. The zero-order valence-electron chi connectivity index (χ0n) is 16.5. The van der Waals surface area contributed by atoms with E-state index in [1.807, 2.05) is 72.8 Å². The minimum Gasteiger partial charge on any atom is -0.325 e. The number of aromatic nitrogens is 2. The Morgan fingerprint density at radius 2 is 1.67 bits per heavy atom. The summed E-state index contributed by atoms with van der Waals surface area (Å²) < 4.78 is 1.63. The first kappa shape index (κ1) is 19.9. The first-order valence-electron chi connectivity index (χ1n) is 9.75. The fourth-order valence-electron chi connectivity index (χ4n) is 3.30. The average Bonchev–Trinajstić information content (AvgIpc) is 2.78. The Bertz CT molecular complexity index is 1250. The molecule has 150 valence electrons. The predicted octanol–water partition coefficient (Wildman–Crippen LogP) is 4.68.